The fraction of sp³-hybridized carbons (Fsp3) is 0.778. The first-order chi connectivity index (χ1) is 5.33. The number of rotatable bonds is 1. The Morgan fingerprint density at radius 2 is 2.18 bits per heavy atom. The summed E-state index contributed by atoms with van der Waals surface area (Å²) in [5.41, 5.74) is 0. The Hall–Kier alpha value is -0.500. The molecule has 0 bridgehead atoms. The number of aliphatic hydroxyl groups excluding tert-OH is 1. The minimum Gasteiger partial charge on any atom is -0.393 e. The summed E-state index contributed by atoms with van der Waals surface area (Å²) >= 11 is 0. The van der Waals surface area contributed by atoms with Crippen molar-refractivity contribution in [2.75, 3.05) is 13.1 Å². The normalized spacial score (nSPS) is 27.5. The van der Waals surface area contributed by atoms with E-state index in [-0.39, 0.29) is 6.10 Å². The molecular weight excluding hydrogens is 138 g/mol. The molecule has 1 aliphatic rings. The molecular formula is C9H17NO. The van der Waals surface area contributed by atoms with Gasteiger partial charge in [0.2, 0.25) is 0 Å². The van der Waals surface area contributed by atoms with Gasteiger partial charge in [-0.05, 0) is 32.4 Å². The van der Waals surface area contributed by atoms with Crippen molar-refractivity contribution in [1.29, 1.82) is 0 Å². The van der Waals surface area contributed by atoms with Gasteiger partial charge in [-0.25, -0.2) is 0 Å². The lowest BCUT2D eigenvalue weighted by atomic mass is 10.2. The Kier molecular flexibility index (Phi) is 3.43. The highest BCUT2D eigenvalue weighted by Gasteiger charge is 2.11. The molecule has 1 fully saturated rings. The standard InChI is InChI=1S/C9H17NO/c1-2-6-10-7-3-4-9(11)5-8-10/h2,6,9,11H,3-5,7-8H2,1H3/b6-2+. The molecule has 0 spiro atoms. The molecule has 0 aliphatic carbocycles. The van der Waals surface area contributed by atoms with Crippen molar-refractivity contribution in [3.05, 3.63) is 12.3 Å². The van der Waals surface area contributed by atoms with Crippen LogP contribution in [0.3, 0.4) is 0 Å². The average Bonchev–Trinajstić information content (AvgIpc) is 2.17. The second kappa shape index (κ2) is 4.39. The van der Waals surface area contributed by atoms with Crippen molar-refractivity contribution < 1.29 is 5.11 Å². The van der Waals surface area contributed by atoms with E-state index in [2.05, 4.69) is 17.2 Å². The van der Waals surface area contributed by atoms with Gasteiger partial charge in [0, 0.05) is 13.1 Å². The van der Waals surface area contributed by atoms with Crippen LogP contribution in [-0.2, 0) is 0 Å². The van der Waals surface area contributed by atoms with Crippen molar-refractivity contribution in [2.24, 2.45) is 0 Å². The number of allylic oxidation sites excluding steroid dienone is 1. The van der Waals surface area contributed by atoms with Crippen LogP contribution in [0.2, 0.25) is 0 Å². The number of aliphatic hydroxyl groups is 1. The Morgan fingerprint density at radius 3 is 2.91 bits per heavy atom. The van der Waals surface area contributed by atoms with Gasteiger partial charge in [-0.2, -0.15) is 0 Å². The molecule has 1 unspecified atom stereocenters. The fourth-order valence-corrected chi connectivity index (χ4v) is 1.46. The first kappa shape index (κ1) is 8.60. The van der Waals surface area contributed by atoms with Crippen LogP contribution in [0.4, 0.5) is 0 Å². The highest BCUT2D eigenvalue weighted by molar-refractivity contribution is 4.81. The van der Waals surface area contributed by atoms with Crippen LogP contribution >= 0.6 is 0 Å². The Morgan fingerprint density at radius 1 is 1.36 bits per heavy atom. The Bertz CT molecular complexity index is 134. The summed E-state index contributed by atoms with van der Waals surface area (Å²) in [6, 6.07) is 0. The summed E-state index contributed by atoms with van der Waals surface area (Å²) in [7, 11) is 0. The van der Waals surface area contributed by atoms with E-state index in [1.165, 1.54) is 0 Å². The van der Waals surface area contributed by atoms with Crippen LogP contribution in [0.15, 0.2) is 12.3 Å². The molecule has 2 heteroatoms. The number of hydrogen-bond acceptors (Lipinski definition) is 2. The van der Waals surface area contributed by atoms with E-state index >= 15 is 0 Å². The molecule has 1 aliphatic heterocycles. The summed E-state index contributed by atoms with van der Waals surface area (Å²) in [4.78, 5) is 2.27. The maximum Gasteiger partial charge on any atom is 0.0557 e. The molecule has 1 N–H and O–H groups in total. The second-order valence-electron chi connectivity index (χ2n) is 3.10. The van der Waals surface area contributed by atoms with Gasteiger partial charge < -0.3 is 10.0 Å². The summed E-state index contributed by atoms with van der Waals surface area (Å²) in [5.74, 6) is 0. The highest BCUT2D eigenvalue weighted by Crippen LogP contribution is 2.10. The summed E-state index contributed by atoms with van der Waals surface area (Å²) < 4.78 is 0. The van der Waals surface area contributed by atoms with E-state index in [1.54, 1.807) is 0 Å². The van der Waals surface area contributed by atoms with Crippen molar-refractivity contribution in [2.45, 2.75) is 32.3 Å². The zero-order valence-electron chi connectivity index (χ0n) is 7.16. The highest BCUT2D eigenvalue weighted by atomic mass is 16.3. The molecule has 0 aromatic heterocycles. The van der Waals surface area contributed by atoms with Gasteiger partial charge in [-0.1, -0.05) is 6.08 Å². The van der Waals surface area contributed by atoms with Gasteiger partial charge in [0.15, 0.2) is 0 Å². The van der Waals surface area contributed by atoms with Gasteiger partial charge >= 0.3 is 0 Å². The largest absolute Gasteiger partial charge is 0.393 e. The number of hydrogen-bond donors (Lipinski definition) is 1. The van der Waals surface area contributed by atoms with E-state index in [0.29, 0.717) is 0 Å². The molecule has 1 rings (SSSR count). The zero-order valence-corrected chi connectivity index (χ0v) is 7.16. The Balaban J connectivity index is 2.33. The average molecular weight is 155 g/mol. The molecule has 1 heterocycles. The molecule has 0 radical (unpaired) electrons. The van der Waals surface area contributed by atoms with Crippen LogP contribution in [0.1, 0.15) is 26.2 Å². The monoisotopic (exact) mass is 155 g/mol. The van der Waals surface area contributed by atoms with Gasteiger partial charge in [-0.15, -0.1) is 0 Å². The maximum absolute atomic E-state index is 9.32. The molecule has 1 atom stereocenters. The van der Waals surface area contributed by atoms with Crippen LogP contribution in [0, 0.1) is 0 Å². The minimum atomic E-state index is -0.0646. The third-order valence-electron chi connectivity index (χ3n) is 2.09. The van der Waals surface area contributed by atoms with Crippen molar-refractivity contribution in [3.8, 4) is 0 Å². The SMILES string of the molecule is C/C=C/N1CCCC(O)CC1. The van der Waals surface area contributed by atoms with Crippen LogP contribution < -0.4 is 0 Å². The van der Waals surface area contributed by atoms with E-state index < -0.39 is 0 Å². The summed E-state index contributed by atoms with van der Waals surface area (Å²) in [6.45, 7) is 4.13. The van der Waals surface area contributed by atoms with Gasteiger partial charge in [0.25, 0.3) is 0 Å². The predicted molar refractivity (Wildman–Crippen MR) is 46.2 cm³/mol. The van der Waals surface area contributed by atoms with Crippen LogP contribution in [0.25, 0.3) is 0 Å². The number of likely N-dealkylation sites (tertiary alicyclic amines) is 1. The summed E-state index contributed by atoms with van der Waals surface area (Å²) in [6.07, 6.45) is 7.10. The minimum absolute atomic E-state index is 0.0646. The lowest BCUT2D eigenvalue weighted by molar-refractivity contribution is 0.158. The van der Waals surface area contributed by atoms with Crippen LogP contribution in [0.5, 0.6) is 0 Å². The van der Waals surface area contributed by atoms with Gasteiger partial charge in [-0.3, -0.25) is 0 Å². The molecule has 64 valence electrons. The maximum atomic E-state index is 9.32. The van der Waals surface area contributed by atoms with E-state index in [9.17, 15) is 5.11 Å². The van der Waals surface area contributed by atoms with E-state index in [1.807, 2.05) is 6.92 Å². The van der Waals surface area contributed by atoms with Crippen molar-refractivity contribution in [1.82, 2.24) is 4.90 Å². The predicted octanol–water partition coefficient (Wildman–Crippen LogP) is 1.37. The first-order valence-corrected chi connectivity index (χ1v) is 4.38. The molecule has 0 aromatic rings. The number of nitrogens with zero attached hydrogens (tertiary/aromatic N) is 1. The topological polar surface area (TPSA) is 23.5 Å². The zero-order chi connectivity index (χ0) is 8.10. The third kappa shape index (κ3) is 2.93. The molecule has 0 saturated carbocycles. The molecule has 0 amide bonds. The van der Waals surface area contributed by atoms with E-state index in [4.69, 9.17) is 0 Å². The molecule has 1 saturated heterocycles. The first-order valence-electron chi connectivity index (χ1n) is 4.38. The lowest BCUT2D eigenvalue weighted by Gasteiger charge is -2.16. The Labute approximate surface area is 68.5 Å². The molecule has 2 nitrogen and oxygen atoms in total. The van der Waals surface area contributed by atoms with E-state index in [0.717, 1.165) is 32.4 Å². The van der Waals surface area contributed by atoms with Crippen molar-refractivity contribution >= 4 is 0 Å². The third-order valence-corrected chi connectivity index (χ3v) is 2.09. The van der Waals surface area contributed by atoms with Crippen molar-refractivity contribution in [3.63, 3.8) is 0 Å². The quantitative estimate of drug-likeness (QED) is 0.618. The molecule has 11 heavy (non-hydrogen) atoms. The molecule has 0 aromatic carbocycles. The smallest absolute Gasteiger partial charge is 0.0557 e. The van der Waals surface area contributed by atoms with Crippen LogP contribution in [-0.4, -0.2) is 29.2 Å². The van der Waals surface area contributed by atoms with Gasteiger partial charge in [0.1, 0.15) is 0 Å². The second-order valence-corrected chi connectivity index (χ2v) is 3.10. The lowest BCUT2D eigenvalue weighted by Crippen LogP contribution is -2.18. The summed E-state index contributed by atoms with van der Waals surface area (Å²) in [5, 5.41) is 9.32. The fourth-order valence-electron chi connectivity index (χ4n) is 1.46. The van der Waals surface area contributed by atoms with Gasteiger partial charge in [0.05, 0.1) is 6.10 Å².